The lowest BCUT2D eigenvalue weighted by Gasteiger charge is -2.17. The van der Waals surface area contributed by atoms with Gasteiger partial charge in [0.2, 0.25) is 0 Å². The average Bonchev–Trinajstić information content (AvgIpc) is 2.03. The Balaban J connectivity index is 3.66. The molecule has 0 saturated heterocycles. The lowest BCUT2D eigenvalue weighted by Crippen LogP contribution is -2.33. The van der Waals surface area contributed by atoms with Crippen LogP contribution in [0.2, 0.25) is 0 Å². The van der Waals surface area contributed by atoms with Crippen LogP contribution in [0.25, 0.3) is 0 Å². The average molecular weight is 193 g/mol. The first-order valence-corrected chi connectivity index (χ1v) is 5.97. The fourth-order valence-electron chi connectivity index (χ4n) is 0.685. The SMILES string of the molecule is CCO[Si](OCC)C(S)CC. The zero-order chi connectivity index (χ0) is 8.69. The van der Waals surface area contributed by atoms with Crippen LogP contribution in [0.5, 0.6) is 0 Å². The molecule has 0 fully saturated rings. The van der Waals surface area contributed by atoms with Crippen LogP contribution in [0.3, 0.4) is 0 Å². The highest BCUT2D eigenvalue weighted by Gasteiger charge is 2.22. The van der Waals surface area contributed by atoms with Crippen molar-refractivity contribution in [2.45, 2.75) is 32.1 Å². The van der Waals surface area contributed by atoms with Crippen molar-refractivity contribution in [3.63, 3.8) is 0 Å². The molecule has 1 atom stereocenters. The van der Waals surface area contributed by atoms with Crippen molar-refractivity contribution in [1.82, 2.24) is 0 Å². The Morgan fingerprint density at radius 3 is 1.91 bits per heavy atom. The maximum Gasteiger partial charge on any atom is 0.398 e. The molecule has 4 heteroatoms. The summed E-state index contributed by atoms with van der Waals surface area (Å²) in [7, 11) is -1.11. The summed E-state index contributed by atoms with van der Waals surface area (Å²) in [6.45, 7) is 7.52. The minimum atomic E-state index is -1.11. The van der Waals surface area contributed by atoms with E-state index in [0.29, 0.717) is 4.87 Å². The molecule has 0 spiro atoms. The number of rotatable bonds is 6. The third-order valence-electron chi connectivity index (χ3n) is 1.23. The second kappa shape index (κ2) is 7.15. The van der Waals surface area contributed by atoms with E-state index in [4.69, 9.17) is 8.85 Å². The molecular weight excluding hydrogens is 176 g/mol. The summed E-state index contributed by atoms with van der Waals surface area (Å²) in [5.41, 5.74) is 0. The Morgan fingerprint density at radius 1 is 1.18 bits per heavy atom. The van der Waals surface area contributed by atoms with Crippen LogP contribution in [-0.2, 0) is 8.85 Å². The molecule has 0 aromatic carbocycles. The molecular formula is C7H17O2SSi. The molecule has 11 heavy (non-hydrogen) atoms. The smallest absolute Gasteiger partial charge is 0.393 e. The van der Waals surface area contributed by atoms with Gasteiger partial charge in [0.1, 0.15) is 0 Å². The highest BCUT2D eigenvalue weighted by Crippen LogP contribution is 2.07. The Labute approximate surface area is 76.5 Å². The lowest BCUT2D eigenvalue weighted by molar-refractivity contribution is 0.211. The standard InChI is InChI=1S/C7H17O2SSi/c1-4-7(10)11(8-5-2)9-6-3/h7,10H,4-6H2,1-3H3. The highest BCUT2D eigenvalue weighted by atomic mass is 32.1. The van der Waals surface area contributed by atoms with Gasteiger partial charge >= 0.3 is 9.28 Å². The van der Waals surface area contributed by atoms with E-state index in [2.05, 4.69) is 19.6 Å². The summed E-state index contributed by atoms with van der Waals surface area (Å²) in [6, 6.07) is 0. The van der Waals surface area contributed by atoms with Gasteiger partial charge in [-0.3, -0.25) is 0 Å². The first kappa shape index (κ1) is 11.5. The molecule has 1 unspecified atom stereocenters. The maximum atomic E-state index is 5.44. The molecule has 0 aliphatic carbocycles. The summed E-state index contributed by atoms with van der Waals surface area (Å²) in [5, 5.41) is 0. The molecule has 0 aliphatic rings. The van der Waals surface area contributed by atoms with Crippen LogP contribution in [0, 0.1) is 0 Å². The van der Waals surface area contributed by atoms with E-state index in [9.17, 15) is 0 Å². The van der Waals surface area contributed by atoms with Gasteiger partial charge in [-0.15, -0.1) is 0 Å². The number of hydrogen-bond acceptors (Lipinski definition) is 3. The molecule has 0 aliphatic heterocycles. The number of hydrogen-bond donors (Lipinski definition) is 1. The monoisotopic (exact) mass is 193 g/mol. The highest BCUT2D eigenvalue weighted by molar-refractivity contribution is 7.82. The summed E-state index contributed by atoms with van der Waals surface area (Å²) >= 11 is 4.39. The van der Waals surface area contributed by atoms with Crippen LogP contribution in [0.15, 0.2) is 0 Å². The Hall–Kier alpha value is 0.487. The van der Waals surface area contributed by atoms with Crippen molar-refractivity contribution >= 4 is 21.9 Å². The Morgan fingerprint density at radius 2 is 1.64 bits per heavy atom. The summed E-state index contributed by atoms with van der Waals surface area (Å²) < 4.78 is 10.9. The van der Waals surface area contributed by atoms with Crippen molar-refractivity contribution in [2.75, 3.05) is 13.2 Å². The molecule has 2 nitrogen and oxygen atoms in total. The van der Waals surface area contributed by atoms with E-state index in [1.165, 1.54) is 0 Å². The van der Waals surface area contributed by atoms with E-state index < -0.39 is 9.28 Å². The van der Waals surface area contributed by atoms with E-state index in [1.54, 1.807) is 0 Å². The van der Waals surface area contributed by atoms with Gasteiger partial charge in [-0.05, 0) is 20.3 Å². The van der Waals surface area contributed by atoms with E-state index in [-0.39, 0.29) is 0 Å². The molecule has 0 rings (SSSR count). The maximum absolute atomic E-state index is 5.44. The minimum absolute atomic E-state index is 0.292. The van der Waals surface area contributed by atoms with Gasteiger partial charge in [0.25, 0.3) is 0 Å². The van der Waals surface area contributed by atoms with Gasteiger partial charge < -0.3 is 8.85 Å². The molecule has 0 aromatic rings. The van der Waals surface area contributed by atoms with Crippen molar-refractivity contribution < 1.29 is 8.85 Å². The van der Waals surface area contributed by atoms with Crippen molar-refractivity contribution in [1.29, 1.82) is 0 Å². The topological polar surface area (TPSA) is 18.5 Å². The molecule has 0 amide bonds. The quantitative estimate of drug-likeness (QED) is 0.512. The minimum Gasteiger partial charge on any atom is -0.393 e. The van der Waals surface area contributed by atoms with Gasteiger partial charge in [0.05, 0.1) is 0 Å². The first-order chi connectivity index (χ1) is 5.26. The lowest BCUT2D eigenvalue weighted by atomic mass is 10.6. The zero-order valence-corrected chi connectivity index (χ0v) is 9.36. The van der Waals surface area contributed by atoms with E-state index >= 15 is 0 Å². The molecule has 1 radical (unpaired) electrons. The third kappa shape index (κ3) is 4.84. The zero-order valence-electron chi connectivity index (χ0n) is 7.46. The third-order valence-corrected chi connectivity index (χ3v) is 4.33. The predicted molar refractivity (Wildman–Crippen MR) is 52.1 cm³/mol. The molecule has 0 saturated carbocycles. The van der Waals surface area contributed by atoms with Gasteiger partial charge in [0, 0.05) is 18.1 Å². The molecule has 0 bridgehead atoms. The predicted octanol–water partition coefficient (Wildman–Crippen LogP) is 1.80. The fourth-order valence-corrected chi connectivity index (χ4v) is 2.50. The molecule has 0 heterocycles. The second-order valence-electron chi connectivity index (χ2n) is 2.11. The van der Waals surface area contributed by atoms with Crippen molar-refractivity contribution in [2.24, 2.45) is 0 Å². The fraction of sp³-hybridized carbons (Fsp3) is 1.00. The van der Waals surface area contributed by atoms with E-state index in [0.717, 1.165) is 19.6 Å². The summed E-state index contributed by atoms with van der Waals surface area (Å²) in [5.74, 6) is 0. The molecule has 67 valence electrons. The largest absolute Gasteiger partial charge is 0.398 e. The second-order valence-corrected chi connectivity index (χ2v) is 5.13. The van der Waals surface area contributed by atoms with E-state index in [1.807, 2.05) is 13.8 Å². The normalized spacial score (nSPS) is 13.9. The van der Waals surface area contributed by atoms with Crippen LogP contribution >= 0.6 is 12.6 Å². The molecule has 0 aromatic heterocycles. The van der Waals surface area contributed by atoms with Crippen molar-refractivity contribution in [3.8, 4) is 0 Å². The first-order valence-electron chi connectivity index (χ1n) is 4.06. The van der Waals surface area contributed by atoms with Crippen LogP contribution < -0.4 is 0 Å². The Bertz CT molecular complexity index is 86.5. The van der Waals surface area contributed by atoms with Crippen LogP contribution in [0.4, 0.5) is 0 Å². The van der Waals surface area contributed by atoms with Gasteiger partial charge in [-0.2, -0.15) is 12.6 Å². The number of thiol groups is 1. The molecule has 0 N–H and O–H groups in total. The Kier molecular flexibility index (Phi) is 7.47. The summed E-state index contributed by atoms with van der Waals surface area (Å²) in [6.07, 6.45) is 1.01. The van der Waals surface area contributed by atoms with Gasteiger partial charge in [-0.1, -0.05) is 6.92 Å². The van der Waals surface area contributed by atoms with Crippen LogP contribution in [0.1, 0.15) is 27.2 Å². The van der Waals surface area contributed by atoms with Crippen molar-refractivity contribution in [3.05, 3.63) is 0 Å². The van der Waals surface area contributed by atoms with Gasteiger partial charge in [0.15, 0.2) is 0 Å². The van der Waals surface area contributed by atoms with Crippen LogP contribution in [-0.4, -0.2) is 27.4 Å². The van der Waals surface area contributed by atoms with Gasteiger partial charge in [-0.25, -0.2) is 0 Å². The summed E-state index contributed by atoms with van der Waals surface area (Å²) in [4.78, 5) is 0.292.